The SMILES string of the molecule is CC(=O)c1cn(C2CCCCO2)nc1OCCCN. The van der Waals surface area contributed by atoms with Crippen LogP contribution in [0, 0.1) is 0 Å². The van der Waals surface area contributed by atoms with Gasteiger partial charge in [0.25, 0.3) is 0 Å². The average molecular weight is 267 g/mol. The molecule has 0 aliphatic carbocycles. The molecule has 1 atom stereocenters. The van der Waals surface area contributed by atoms with Gasteiger partial charge in [-0.1, -0.05) is 0 Å². The van der Waals surface area contributed by atoms with E-state index >= 15 is 0 Å². The molecular formula is C13H21N3O3. The molecular weight excluding hydrogens is 246 g/mol. The minimum atomic E-state index is -0.0845. The number of nitrogens with zero attached hydrogens (tertiary/aromatic N) is 2. The standard InChI is InChI=1S/C13H21N3O3/c1-10(17)11-9-16(12-5-2-3-7-18-12)15-13(11)19-8-4-6-14/h9,12H,2-8,14H2,1H3. The van der Waals surface area contributed by atoms with E-state index in [-0.39, 0.29) is 12.0 Å². The largest absolute Gasteiger partial charge is 0.476 e. The summed E-state index contributed by atoms with van der Waals surface area (Å²) in [5.41, 5.74) is 5.93. The van der Waals surface area contributed by atoms with Crippen LogP contribution in [-0.2, 0) is 4.74 Å². The van der Waals surface area contributed by atoms with Crippen LogP contribution in [0.2, 0.25) is 0 Å². The van der Waals surface area contributed by atoms with E-state index in [1.807, 2.05) is 0 Å². The van der Waals surface area contributed by atoms with Crippen molar-refractivity contribution in [1.29, 1.82) is 0 Å². The van der Waals surface area contributed by atoms with Gasteiger partial charge in [0.2, 0.25) is 5.88 Å². The summed E-state index contributed by atoms with van der Waals surface area (Å²) in [6, 6.07) is 0. The number of aromatic nitrogens is 2. The number of carbonyl (C=O) groups excluding carboxylic acids is 1. The second-order valence-corrected chi connectivity index (χ2v) is 4.70. The molecule has 2 rings (SSSR count). The Morgan fingerprint density at radius 2 is 2.47 bits per heavy atom. The molecule has 0 aromatic carbocycles. The fourth-order valence-corrected chi connectivity index (χ4v) is 2.06. The van der Waals surface area contributed by atoms with Crippen LogP contribution >= 0.6 is 0 Å². The quantitative estimate of drug-likeness (QED) is 0.624. The summed E-state index contributed by atoms with van der Waals surface area (Å²) in [5, 5.41) is 4.33. The van der Waals surface area contributed by atoms with Crippen molar-refractivity contribution in [3.05, 3.63) is 11.8 Å². The summed E-state index contributed by atoms with van der Waals surface area (Å²) in [7, 11) is 0. The lowest BCUT2D eigenvalue weighted by Crippen LogP contribution is -2.18. The van der Waals surface area contributed by atoms with Crippen LogP contribution in [0.4, 0.5) is 0 Å². The van der Waals surface area contributed by atoms with Gasteiger partial charge in [-0.2, -0.15) is 0 Å². The average Bonchev–Trinajstić information content (AvgIpc) is 2.84. The lowest BCUT2D eigenvalue weighted by atomic mass is 10.2. The molecule has 1 unspecified atom stereocenters. The van der Waals surface area contributed by atoms with Crippen molar-refractivity contribution in [1.82, 2.24) is 9.78 Å². The van der Waals surface area contributed by atoms with Crippen LogP contribution < -0.4 is 10.5 Å². The van der Waals surface area contributed by atoms with Crippen molar-refractivity contribution in [2.24, 2.45) is 5.73 Å². The maximum Gasteiger partial charge on any atom is 0.243 e. The van der Waals surface area contributed by atoms with Crippen LogP contribution in [0.1, 0.15) is 49.2 Å². The van der Waals surface area contributed by atoms with Crippen molar-refractivity contribution in [3.63, 3.8) is 0 Å². The number of hydrogen-bond acceptors (Lipinski definition) is 5. The predicted octanol–water partition coefficient (Wildman–Crippen LogP) is 1.51. The van der Waals surface area contributed by atoms with Gasteiger partial charge < -0.3 is 15.2 Å². The van der Waals surface area contributed by atoms with Gasteiger partial charge in [-0.15, -0.1) is 5.10 Å². The second-order valence-electron chi connectivity index (χ2n) is 4.70. The molecule has 0 saturated carbocycles. The third-order valence-electron chi connectivity index (χ3n) is 3.12. The molecule has 1 aliphatic heterocycles. The van der Waals surface area contributed by atoms with Gasteiger partial charge in [-0.25, -0.2) is 4.68 Å². The maximum absolute atomic E-state index is 11.6. The Labute approximate surface area is 112 Å². The second kappa shape index (κ2) is 6.68. The number of ketones is 1. The van der Waals surface area contributed by atoms with E-state index in [9.17, 15) is 4.79 Å². The van der Waals surface area contributed by atoms with Crippen molar-refractivity contribution in [3.8, 4) is 5.88 Å². The molecule has 6 nitrogen and oxygen atoms in total. The highest BCUT2D eigenvalue weighted by Gasteiger charge is 2.21. The molecule has 1 aromatic heterocycles. The highest BCUT2D eigenvalue weighted by molar-refractivity contribution is 5.96. The summed E-state index contributed by atoms with van der Waals surface area (Å²) >= 11 is 0. The van der Waals surface area contributed by atoms with Gasteiger partial charge in [-0.3, -0.25) is 4.79 Å². The molecule has 1 saturated heterocycles. The van der Waals surface area contributed by atoms with Crippen LogP contribution in [0.25, 0.3) is 0 Å². The van der Waals surface area contributed by atoms with E-state index < -0.39 is 0 Å². The molecule has 0 bridgehead atoms. The number of ether oxygens (including phenoxy) is 2. The van der Waals surface area contributed by atoms with Gasteiger partial charge in [0.15, 0.2) is 5.78 Å². The zero-order valence-electron chi connectivity index (χ0n) is 11.3. The number of nitrogens with two attached hydrogens (primary N) is 1. The summed E-state index contributed by atoms with van der Waals surface area (Å²) in [6.07, 6.45) is 5.49. The molecule has 6 heteroatoms. The molecule has 19 heavy (non-hydrogen) atoms. The minimum Gasteiger partial charge on any atom is -0.476 e. The first-order valence-corrected chi connectivity index (χ1v) is 6.77. The number of rotatable bonds is 6. The van der Waals surface area contributed by atoms with Crippen LogP contribution in [0.5, 0.6) is 5.88 Å². The molecule has 0 radical (unpaired) electrons. The van der Waals surface area contributed by atoms with Gasteiger partial charge >= 0.3 is 0 Å². The molecule has 2 N–H and O–H groups in total. The van der Waals surface area contributed by atoms with Gasteiger partial charge in [0.05, 0.1) is 12.2 Å². The molecule has 1 fully saturated rings. The van der Waals surface area contributed by atoms with E-state index in [1.165, 1.54) is 6.92 Å². The van der Waals surface area contributed by atoms with Gasteiger partial charge in [0.1, 0.15) is 6.23 Å². The summed E-state index contributed by atoms with van der Waals surface area (Å²) in [5.74, 6) is 0.333. The van der Waals surface area contributed by atoms with Crippen LogP contribution in [0.15, 0.2) is 6.20 Å². The van der Waals surface area contributed by atoms with Crippen molar-refractivity contribution < 1.29 is 14.3 Å². The number of Topliss-reactive ketones (excluding diaryl/α,β-unsaturated/α-hetero) is 1. The first-order valence-electron chi connectivity index (χ1n) is 6.77. The fraction of sp³-hybridized carbons (Fsp3) is 0.692. The molecule has 0 spiro atoms. The van der Waals surface area contributed by atoms with E-state index in [1.54, 1.807) is 10.9 Å². The Hall–Kier alpha value is -1.40. The van der Waals surface area contributed by atoms with Gasteiger partial charge in [0, 0.05) is 12.8 Å². The maximum atomic E-state index is 11.6. The summed E-state index contributed by atoms with van der Waals surface area (Å²) in [4.78, 5) is 11.6. The Bertz CT molecular complexity index is 425. The molecule has 1 aliphatic rings. The van der Waals surface area contributed by atoms with E-state index in [4.69, 9.17) is 15.2 Å². The third kappa shape index (κ3) is 3.54. The molecule has 1 aromatic rings. The lowest BCUT2D eigenvalue weighted by molar-refractivity contribution is -0.0400. The molecule has 2 heterocycles. The number of hydrogen-bond donors (Lipinski definition) is 1. The zero-order valence-corrected chi connectivity index (χ0v) is 11.3. The Morgan fingerprint density at radius 1 is 1.63 bits per heavy atom. The van der Waals surface area contributed by atoms with E-state index in [0.717, 1.165) is 32.3 Å². The van der Waals surface area contributed by atoms with Crippen LogP contribution in [0.3, 0.4) is 0 Å². The zero-order chi connectivity index (χ0) is 13.7. The smallest absolute Gasteiger partial charge is 0.243 e. The predicted molar refractivity (Wildman–Crippen MR) is 70.2 cm³/mol. The summed E-state index contributed by atoms with van der Waals surface area (Å²) < 4.78 is 12.9. The summed E-state index contributed by atoms with van der Waals surface area (Å²) in [6.45, 7) is 3.28. The monoisotopic (exact) mass is 267 g/mol. The van der Waals surface area contributed by atoms with Crippen molar-refractivity contribution in [2.45, 2.75) is 38.8 Å². The van der Waals surface area contributed by atoms with E-state index in [2.05, 4.69) is 5.10 Å². The van der Waals surface area contributed by atoms with Gasteiger partial charge in [-0.05, 0) is 39.2 Å². The lowest BCUT2D eigenvalue weighted by Gasteiger charge is -2.22. The van der Waals surface area contributed by atoms with E-state index in [0.29, 0.717) is 24.6 Å². The topological polar surface area (TPSA) is 79.4 Å². The highest BCUT2D eigenvalue weighted by Crippen LogP contribution is 2.25. The minimum absolute atomic E-state index is 0.0511. The third-order valence-corrected chi connectivity index (χ3v) is 3.12. The Morgan fingerprint density at radius 3 is 3.11 bits per heavy atom. The normalized spacial score (nSPS) is 19.4. The van der Waals surface area contributed by atoms with Crippen LogP contribution in [-0.4, -0.2) is 35.3 Å². The van der Waals surface area contributed by atoms with Crippen molar-refractivity contribution >= 4 is 5.78 Å². The Balaban J connectivity index is 2.11. The first kappa shape index (κ1) is 14.0. The van der Waals surface area contributed by atoms with Crippen molar-refractivity contribution in [2.75, 3.05) is 19.8 Å². The molecule has 0 amide bonds. The highest BCUT2D eigenvalue weighted by atomic mass is 16.5. The first-order chi connectivity index (χ1) is 9.22. The number of carbonyl (C=O) groups is 1. The molecule has 106 valence electrons. The fourth-order valence-electron chi connectivity index (χ4n) is 2.06. The Kier molecular flexibility index (Phi) is 4.93.